The van der Waals surface area contributed by atoms with Gasteiger partial charge in [0.05, 0.1) is 11.9 Å². The summed E-state index contributed by atoms with van der Waals surface area (Å²) in [6.07, 6.45) is 1.03. The molecule has 0 spiro atoms. The summed E-state index contributed by atoms with van der Waals surface area (Å²) < 4.78 is 32.1. The van der Waals surface area contributed by atoms with E-state index in [0.29, 0.717) is 28.6 Å². The third kappa shape index (κ3) is 7.71. The first-order valence-corrected chi connectivity index (χ1v) is 13.8. The number of hydrogen-bond acceptors (Lipinski definition) is 5. The quantitative estimate of drug-likeness (QED) is 0.396. The van der Waals surface area contributed by atoms with E-state index in [9.17, 15) is 18.0 Å². The van der Waals surface area contributed by atoms with Crippen molar-refractivity contribution in [1.82, 2.24) is 10.2 Å². The molecular weight excluding hydrogens is 514 g/mol. The Balaban J connectivity index is 1.81. The van der Waals surface area contributed by atoms with Crippen molar-refractivity contribution in [2.45, 2.75) is 26.1 Å². The molecule has 3 aromatic carbocycles. The first-order valence-electron chi connectivity index (χ1n) is 11.6. The van der Waals surface area contributed by atoms with E-state index in [1.54, 1.807) is 55.5 Å². The molecule has 0 unspecified atom stereocenters. The van der Waals surface area contributed by atoms with E-state index in [1.807, 2.05) is 30.3 Å². The fraction of sp³-hybridized carbons (Fsp3) is 0.259. The van der Waals surface area contributed by atoms with Crippen LogP contribution in [-0.4, -0.2) is 51.0 Å². The highest BCUT2D eigenvalue weighted by Crippen LogP contribution is 2.24. The smallest absolute Gasteiger partial charge is 0.244 e. The molecule has 0 radical (unpaired) electrons. The number of carbonyl (C=O) groups excluding carboxylic acids is 2. The predicted molar refractivity (Wildman–Crippen MR) is 145 cm³/mol. The van der Waals surface area contributed by atoms with Gasteiger partial charge >= 0.3 is 0 Å². The Hall–Kier alpha value is -3.56. The number of ether oxygens (including phenoxy) is 1. The summed E-state index contributed by atoms with van der Waals surface area (Å²) >= 11 is 6.29. The third-order valence-corrected chi connectivity index (χ3v) is 7.27. The molecule has 0 heterocycles. The van der Waals surface area contributed by atoms with E-state index in [-0.39, 0.29) is 12.5 Å². The Kier molecular flexibility index (Phi) is 9.54. The Morgan fingerprint density at radius 3 is 2.19 bits per heavy atom. The normalized spacial score (nSPS) is 11.9. The Morgan fingerprint density at radius 2 is 1.59 bits per heavy atom. The average Bonchev–Trinajstić information content (AvgIpc) is 2.89. The van der Waals surface area contributed by atoms with Gasteiger partial charge in [0, 0.05) is 18.6 Å². The standard InChI is InChI=1S/C27H30ClN3O5S/c1-20(27(33)29-2)30(17-22-11-7-8-12-25(22)28)26(32)18-31(37(3,34)35)23-13-15-24(16-14-23)36-19-21-9-5-4-6-10-21/h4-16,20H,17-19H2,1-3H3,(H,29,33)/t20-/m1/s1. The summed E-state index contributed by atoms with van der Waals surface area (Å²) in [4.78, 5) is 27.2. The van der Waals surface area contributed by atoms with Crippen LogP contribution in [0.5, 0.6) is 5.75 Å². The molecular formula is C27H30ClN3O5S. The number of sulfonamides is 1. The minimum atomic E-state index is -3.83. The Labute approximate surface area is 222 Å². The van der Waals surface area contributed by atoms with Gasteiger partial charge in [-0.3, -0.25) is 13.9 Å². The molecule has 0 aliphatic heterocycles. The lowest BCUT2D eigenvalue weighted by Gasteiger charge is -2.31. The summed E-state index contributed by atoms with van der Waals surface area (Å²) in [5.74, 6) is -0.377. The van der Waals surface area contributed by atoms with Crippen LogP contribution in [0.15, 0.2) is 78.9 Å². The molecule has 0 fully saturated rings. The van der Waals surface area contributed by atoms with Crippen LogP contribution < -0.4 is 14.4 Å². The zero-order chi connectivity index (χ0) is 27.0. The number of anilines is 1. The summed E-state index contributed by atoms with van der Waals surface area (Å²) in [5, 5.41) is 2.97. The van der Waals surface area contributed by atoms with E-state index in [2.05, 4.69) is 5.32 Å². The van der Waals surface area contributed by atoms with Gasteiger partial charge in [-0.25, -0.2) is 8.42 Å². The number of nitrogens with one attached hydrogen (secondary N) is 1. The largest absolute Gasteiger partial charge is 0.489 e. The van der Waals surface area contributed by atoms with Crippen molar-refractivity contribution < 1.29 is 22.7 Å². The number of hydrogen-bond donors (Lipinski definition) is 1. The molecule has 0 aromatic heterocycles. The Morgan fingerprint density at radius 1 is 0.973 bits per heavy atom. The molecule has 196 valence electrons. The van der Waals surface area contributed by atoms with Crippen LogP contribution in [0, 0.1) is 0 Å². The van der Waals surface area contributed by atoms with Gasteiger partial charge in [-0.15, -0.1) is 0 Å². The van der Waals surface area contributed by atoms with Gasteiger partial charge in [0.1, 0.15) is 24.9 Å². The second kappa shape index (κ2) is 12.6. The van der Waals surface area contributed by atoms with Crippen molar-refractivity contribution in [1.29, 1.82) is 0 Å². The maximum atomic E-state index is 13.4. The highest BCUT2D eigenvalue weighted by Gasteiger charge is 2.30. The monoisotopic (exact) mass is 543 g/mol. The molecule has 0 aliphatic rings. The zero-order valence-electron chi connectivity index (χ0n) is 20.9. The fourth-order valence-corrected chi connectivity index (χ4v) is 4.71. The molecule has 0 bridgehead atoms. The molecule has 1 N–H and O–H groups in total. The van der Waals surface area contributed by atoms with Crippen LogP contribution in [0.25, 0.3) is 0 Å². The Bertz CT molecular complexity index is 1320. The highest BCUT2D eigenvalue weighted by molar-refractivity contribution is 7.92. The second-order valence-electron chi connectivity index (χ2n) is 8.44. The highest BCUT2D eigenvalue weighted by atomic mass is 35.5. The third-order valence-electron chi connectivity index (χ3n) is 5.76. The number of amides is 2. The van der Waals surface area contributed by atoms with Crippen molar-refractivity contribution >= 4 is 39.1 Å². The van der Waals surface area contributed by atoms with E-state index in [0.717, 1.165) is 16.1 Å². The maximum Gasteiger partial charge on any atom is 0.244 e. The minimum absolute atomic E-state index is 0.0386. The number of likely N-dealkylation sites (N-methyl/N-ethyl adjacent to an activating group) is 1. The maximum absolute atomic E-state index is 13.4. The number of halogens is 1. The molecule has 0 saturated carbocycles. The molecule has 0 saturated heterocycles. The summed E-state index contributed by atoms with van der Waals surface area (Å²) in [7, 11) is -2.36. The van der Waals surface area contributed by atoms with Crippen LogP contribution in [0.2, 0.25) is 5.02 Å². The van der Waals surface area contributed by atoms with Gasteiger partial charge in [-0.2, -0.15) is 0 Å². The summed E-state index contributed by atoms with van der Waals surface area (Å²) in [6.45, 7) is 1.49. The van der Waals surface area contributed by atoms with Crippen molar-refractivity contribution in [3.63, 3.8) is 0 Å². The van der Waals surface area contributed by atoms with Crippen molar-refractivity contribution in [3.8, 4) is 5.75 Å². The van der Waals surface area contributed by atoms with Gasteiger partial charge in [0.2, 0.25) is 21.8 Å². The molecule has 3 aromatic rings. The van der Waals surface area contributed by atoms with Gasteiger partial charge in [0.15, 0.2) is 0 Å². The molecule has 3 rings (SSSR count). The van der Waals surface area contributed by atoms with Crippen molar-refractivity contribution in [3.05, 3.63) is 95.0 Å². The molecule has 1 atom stereocenters. The number of nitrogens with zero attached hydrogens (tertiary/aromatic N) is 2. The number of rotatable bonds is 11. The minimum Gasteiger partial charge on any atom is -0.489 e. The topological polar surface area (TPSA) is 96.0 Å². The second-order valence-corrected chi connectivity index (χ2v) is 10.8. The van der Waals surface area contributed by atoms with Crippen LogP contribution in [0.3, 0.4) is 0 Å². The first-order chi connectivity index (χ1) is 17.6. The van der Waals surface area contributed by atoms with Crippen LogP contribution in [0.4, 0.5) is 5.69 Å². The van der Waals surface area contributed by atoms with Crippen LogP contribution in [-0.2, 0) is 32.8 Å². The average molecular weight is 544 g/mol. The lowest BCUT2D eigenvalue weighted by molar-refractivity contribution is -0.139. The van der Waals surface area contributed by atoms with E-state index in [4.69, 9.17) is 16.3 Å². The zero-order valence-corrected chi connectivity index (χ0v) is 22.5. The molecule has 8 nitrogen and oxygen atoms in total. The lowest BCUT2D eigenvalue weighted by atomic mass is 10.1. The van der Waals surface area contributed by atoms with Crippen molar-refractivity contribution in [2.24, 2.45) is 0 Å². The molecule has 2 amide bonds. The van der Waals surface area contributed by atoms with Gasteiger partial charge in [-0.05, 0) is 48.4 Å². The summed E-state index contributed by atoms with van der Waals surface area (Å²) in [5.41, 5.74) is 1.94. The van der Waals surface area contributed by atoms with Gasteiger partial charge in [-0.1, -0.05) is 60.1 Å². The van der Waals surface area contributed by atoms with E-state index < -0.39 is 28.5 Å². The molecule has 37 heavy (non-hydrogen) atoms. The van der Waals surface area contributed by atoms with E-state index >= 15 is 0 Å². The van der Waals surface area contributed by atoms with Gasteiger partial charge in [0.25, 0.3) is 0 Å². The lowest BCUT2D eigenvalue weighted by Crippen LogP contribution is -2.50. The predicted octanol–water partition coefficient (Wildman–Crippen LogP) is 3.85. The van der Waals surface area contributed by atoms with Gasteiger partial charge < -0.3 is 15.0 Å². The van der Waals surface area contributed by atoms with Crippen LogP contribution >= 0.6 is 11.6 Å². The van der Waals surface area contributed by atoms with Crippen LogP contribution in [0.1, 0.15) is 18.1 Å². The molecule has 10 heteroatoms. The molecule has 0 aliphatic carbocycles. The fourth-order valence-electron chi connectivity index (χ4n) is 3.66. The summed E-state index contributed by atoms with van der Waals surface area (Å²) in [6, 6.07) is 22.2. The SMILES string of the molecule is CNC(=O)[C@@H](C)N(Cc1ccccc1Cl)C(=O)CN(c1ccc(OCc2ccccc2)cc1)S(C)(=O)=O. The van der Waals surface area contributed by atoms with E-state index in [1.165, 1.54) is 11.9 Å². The number of carbonyl (C=O) groups is 2. The first kappa shape index (κ1) is 28.0. The number of benzene rings is 3. The van der Waals surface area contributed by atoms with Crippen molar-refractivity contribution in [2.75, 3.05) is 24.2 Å².